The second-order valence-electron chi connectivity index (χ2n) is 10.4. The van der Waals surface area contributed by atoms with Crippen molar-refractivity contribution in [3.63, 3.8) is 0 Å². The monoisotopic (exact) mass is 571 g/mol. The Hall–Kier alpha value is -4.00. The molecule has 3 amide bonds. The maximum atomic E-state index is 13.1. The van der Waals surface area contributed by atoms with Gasteiger partial charge in [-0.3, -0.25) is 19.6 Å². The van der Waals surface area contributed by atoms with Gasteiger partial charge in [0.25, 0.3) is 5.91 Å². The molecule has 1 aromatic carbocycles. The largest absolute Gasteiger partial charge is 0.490 e. The molecule has 1 saturated carbocycles. The summed E-state index contributed by atoms with van der Waals surface area (Å²) >= 11 is 0. The number of aromatic nitrogens is 3. The number of imide groups is 1. The smallest absolute Gasteiger partial charge is 0.417 e. The second-order valence-corrected chi connectivity index (χ2v) is 10.4. The van der Waals surface area contributed by atoms with Crippen molar-refractivity contribution in [1.82, 2.24) is 19.9 Å². The minimum atomic E-state index is -4.61. The molecule has 0 bridgehead atoms. The lowest BCUT2D eigenvalue weighted by atomic mass is 9.92. The van der Waals surface area contributed by atoms with E-state index in [0.717, 1.165) is 46.0 Å². The summed E-state index contributed by atoms with van der Waals surface area (Å²) in [7, 11) is 0. The Balaban J connectivity index is 1.08. The summed E-state index contributed by atoms with van der Waals surface area (Å²) < 4.78 is 57.1. The molecule has 0 unspecified atom stereocenters. The first-order valence-corrected chi connectivity index (χ1v) is 13.6. The maximum absolute atomic E-state index is 13.1. The summed E-state index contributed by atoms with van der Waals surface area (Å²) in [6.07, 6.45) is 2.44. The summed E-state index contributed by atoms with van der Waals surface area (Å²) in [6.45, 7) is 1.05. The summed E-state index contributed by atoms with van der Waals surface area (Å²) in [5.41, 5.74) is -0.341. The highest BCUT2D eigenvalue weighted by Gasteiger charge is 2.43. The number of ether oxygens (including phenoxy) is 3. The van der Waals surface area contributed by atoms with Crippen molar-refractivity contribution >= 4 is 28.5 Å². The summed E-state index contributed by atoms with van der Waals surface area (Å²) in [5, 5.41) is 0.754. The highest BCUT2D eigenvalue weighted by molar-refractivity contribution is 6.12. The van der Waals surface area contributed by atoms with Gasteiger partial charge in [-0.05, 0) is 43.9 Å². The molecule has 1 aliphatic carbocycles. The number of hydrogen-bond acceptors (Lipinski definition) is 8. The van der Waals surface area contributed by atoms with Crippen molar-refractivity contribution in [3.8, 4) is 11.6 Å². The third-order valence-corrected chi connectivity index (χ3v) is 7.69. The van der Waals surface area contributed by atoms with Crippen LogP contribution in [0.3, 0.4) is 0 Å². The van der Waals surface area contributed by atoms with Crippen LogP contribution >= 0.6 is 0 Å². The summed E-state index contributed by atoms with van der Waals surface area (Å²) in [6, 6.07) is 5.45. The van der Waals surface area contributed by atoms with Gasteiger partial charge in [0.2, 0.25) is 5.88 Å². The average molecular weight is 572 g/mol. The lowest BCUT2D eigenvalue weighted by molar-refractivity contribution is -0.137. The van der Waals surface area contributed by atoms with Crippen LogP contribution < -0.4 is 14.4 Å². The highest BCUT2D eigenvalue weighted by Crippen LogP contribution is 2.35. The Morgan fingerprint density at radius 3 is 2.41 bits per heavy atom. The molecule has 2 aromatic heterocycles. The molecule has 10 nitrogen and oxygen atoms in total. The van der Waals surface area contributed by atoms with Gasteiger partial charge in [-0.2, -0.15) is 13.2 Å². The van der Waals surface area contributed by atoms with Crippen LogP contribution in [0.15, 0.2) is 43.0 Å². The maximum Gasteiger partial charge on any atom is 0.417 e. The molecule has 216 valence electrons. The third kappa shape index (κ3) is 5.76. The van der Waals surface area contributed by atoms with Crippen molar-refractivity contribution < 1.29 is 37.0 Å². The van der Waals surface area contributed by atoms with E-state index in [0.29, 0.717) is 56.5 Å². The Kier molecular flexibility index (Phi) is 7.37. The Morgan fingerprint density at radius 2 is 1.66 bits per heavy atom. The lowest BCUT2D eigenvalue weighted by Crippen LogP contribution is -2.44. The molecule has 0 radical (unpaired) electrons. The van der Waals surface area contributed by atoms with Crippen LogP contribution in [-0.4, -0.2) is 69.8 Å². The van der Waals surface area contributed by atoms with Crippen molar-refractivity contribution in [2.45, 2.75) is 63.0 Å². The van der Waals surface area contributed by atoms with Crippen LogP contribution in [0, 0.1) is 0 Å². The van der Waals surface area contributed by atoms with Crippen molar-refractivity contribution in [2.24, 2.45) is 0 Å². The quantitative estimate of drug-likeness (QED) is 0.390. The summed E-state index contributed by atoms with van der Waals surface area (Å²) in [4.78, 5) is 40.4. The van der Waals surface area contributed by atoms with Crippen LogP contribution in [0.1, 0.15) is 44.1 Å². The first kappa shape index (κ1) is 27.2. The number of halogens is 3. The van der Waals surface area contributed by atoms with Gasteiger partial charge in [0.1, 0.15) is 30.8 Å². The normalized spacial score (nSPS) is 22.4. The van der Waals surface area contributed by atoms with Gasteiger partial charge in [-0.25, -0.2) is 14.8 Å². The van der Waals surface area contributed by atoms with Crippen LogP contribution in [0.25, 0.3) is 10.9 Å². The summed E-state index contributed by atoms with van der Waals surface area (Å²) in [5.74, 6) is 0.731. The van der Waals surface area contributed by atoms with Crippen molar-refractivity contribution in [3.05, 3.63) is 48.5 Å². The second kappa shape index (κ2) is 11.1. The standard InChI is InChI=1S/C28H28F3N5O5/c29-28(30,31)17-11-19(14-32-13-17)35-15-25(37)36(27(35)38)18-1-3-20(4-2-18)41-26-23-6-5-22(12-24(23)33-16-34-26)40-21-7-9-39-10-8-21/h5-6,11-14,16,18,20-21H,1-4,7-10,15H2/t18-,20-. The Bertz CT molecular complexity index is 1440. The molecule has 3 aliphatic rings. The van der Waals surface area contributed by atoms with Crippen LogP contribution in [0.4, 0.5) is 23.7 Å². The molecule has 0 atom stereocenters. The van der Waals surface area contributed by atoms with Crippen molar-refractivity contribution in [2.75, 3.05) is 24.7 Å². The fraction of sp³-hybridized carbons (Fsp3) is 0.464. The van der Waals surface area contributed by atoms with Gasteiger partial charge < -0.3 is 14.2 Å². The first-order valence-electron chi connectivity index (χ1n) is 13.6. The number of hydrogen-bond donors (Lipinski definition) is 0. The van der Waals surface area contributed by atoms with E-state index in [1.54, 1.807) is 0 Å². The number of amides is 3. The Labute approximate surface area is 233 Å². The number of alkyl halides is 3. The SMILES string of the molecule is O=C1CN(c2cncc(C(F)(F)F)c2)C(=O)N1[C@H]1CC[C@H](Oc2ncnc3cc(OC4CCOCC4)ccc23)CC1. The predicted molar refractivity (Wildman–Crippen MR) is 140 cm³/mol. The van der Waals surface area contributed by atoms with Gasteiger partial charge in [-0.1, -0.05) is 0 Å². The molecule has 3 fully saturated rings. The van der Waals surface area contributed by atoms with E-state index in [2.05, 4.69) is 15.0 Å². The van der Waals surface area contributed by atoms with Crippen LogP contribution in [-0.2, 0) is 15.7 Å². The van der Waals surface area contributed by atoms with E-state index >= 15 is 0 Å². The lowest BCUT2D eigenvalue weighted by Gasteiger charge is -2.33. The molecule has 0 N–H and O–H groups in total. The minimum Gasteiger partial charge on any atom is -0.490 e. The fourth-order valence-electron chi connectivity index (χ4n) is 5.55. The average Bonchev–Trinajstić information content (AvgIpc) is 3.27. The van der Waals surface area contributed by atoms with E-state index in [9.17, 15) is 22.8 Å². The molecular weight excluding hydrogens is 543 g/mol. The van der Waals surface area contributed by atoms with Crippen LogP contribution in [0.2, 0.25) is 0 Å². The zero-order valence-electron chi connectivity index (χ0n) is 22.0. The number of urea groups is 1. The third-order valence-electron chi connectivity index (χ3n) is 7.69. The molecule has 13 heteroatoms. The molecule has 0 spiro atoms. The topological polar surface area (TPSA) is 107 Å². The molecule has 41 heavy (non-hydrogen) atoms. The molecule has 3 aromatic rings. The minimum absolute atomic E-state index is 0.0605. The number of carbonyl (C=O) groups is 2. The van der Waals surface area contributed by atoms with E-state index in [4.69, 9.17) is 14.2 Å². The number of pyridine rings is 1. The van der Waals surface area contributed by atoms with Gasteiger partial charge in [0, 0.05) is 31.1 Å². The van der Waals surface area contributed by atoms with Gasteiger partial charge in [0.15, 0.2) is 0 Å². The molecular formula is C28H28F3N5O5. The number of fused-ring (bicyclic) bond motifs is 1. The van der Waals surface area contributed by atoms with E-state index in [1.807, 2.05) is 18.2 Å². The first-order chi connectivity index (χ1) is 19.8. The number of benzene rings is 1. The molecule has 2 saturated heterocycles. The number of carbonyl (C=O) groups excluding carboxylic acids is 2. The Morgan fingerprint density at radius 1 is 0.902 bits per heavy atom. The number of anilines is 1. The fourth-order valence-corrected chi connectivity index (χ4v) is 5.55. The number of rotatable bonds is 6. The molecule has 2 aliphatic heterocycles. The predicted octanol–water partition coefficient (Wildman–Crippen LogP) is 4.76. The van der Waals surface area contributed by atoms with E-state index in [1.165, 1.54) is 6.33 Å². The molecule has 4 heterocycles. The van der Waals surface area contributed by atoms with Gasteiger partial charge in [0.05, 0.1) is 41.6 Å². The van der Waals surface area contributed by atoms with Gasteiger partial charge >= 0.3 is 12.2 Å². The number of nitrogens with zero attached hydrogens (tertiary/aromatic N) is 5. The zero-order valence-corrected chi connectivity index (χ0v) is 22.0. The zero-order chi connectivity index (χ0) is 28.6. The van der Waals surface area contributed by atoms with Crippen molar-refractivity contribution in [1.29, 1.82) is 0 Å². The van der Waals surface area contributed by atoms with Crippen LogP contribution in [0.5, 0.6) is 11.6 Å². The molecule has 6 rings (SSSR count). The van der Waals surface area contributed by atoms with E-state index < -0.39 is 23.7 Å². The van der Waals surface area contributed by atoms with E-state index in [-0.39, 0.29) is 30.5 Å². The van der Waals surface area contributed by atoms with Gasteiger partial charge in [-0.15, -0.1) is 0 Å². The highest BCUT2D eigenvalue weighted by atomic mass is 19.4.